The molecule has 0 aliphatic heterocycles. The third-order valence-corrected chi connectivity index (χ3v) is 3.29. The Balaban J connectivity index is 1.93. The van der Waals surface area contributed by atoms with Gasteiger partial charge in [0, 0.05) is 6.42 Å². The van der Waals surface area contributed by atoms with E-state index < -0.39 is 0 Å². The van der Waals surface area contributed by atoms with E-state index in [2.05, 4.69) is 26.0 Å². The summed E-state index contributed by atoms with van der Waals surface area (Å²) in [5.74, 6) is 0.952. The number of ether oxygens (including phenoxy) is 1. The number of benzene rings is 2. The Morgan fingerprint density at radius 1 is 1.05 bits per heavy atom. The van der Waals surface area contributed by atoms with Gasteiger partial charge in [0.15, 0.2) is 0 Å². The van der Waals surface area contributed by atoms with Crippen LogP contribution in [-0.2, 0) is 6.42 Å². The fraction of sp³-hybridized carbons (Fsp3) is 0.235. The first-order valence-electron chi connectivity index (χ1n) is 6.39. The normalized spacial score (nSPS) is 9.95. The Kier molecular flexibility index (Phi) is 4.20. The third-order valence-electron chi connectivity index (χ3n) is 3.29. The van der Waals surface area contributed by atoms with Crippen LogP contribution < -0.4 is 4.74 Å². The van der Waals surface area contributed by atoms with Crippen molar-refractivity contribution in [2.75, 3.05) is 6.61 Å². The minimum absolute atomic E-state index is 0.649. The van der Waals surface area contributed by atoms with E-state index in [9.17, 15) is 0 Å². The second kappa shape index (κ2) is 6.06. The van der Waals surface area contributed by atoms with Gasteiger partial charge >= 0.3 is 0 Å². The first kappa shape index (κ1) is 13.2. The molecule has 2 aromatic rings. The van der Waals surface area contributed by atoms with Crippen LogP contribution in [0.3, 0.4) is 0 Å². The van der Waals surface area contributed by atoms with Crippen molar-refractivity contribution in [1.29, 1.82) is 5.26 Å². The van der Waals surface area contributed by atoms with Crippen LogP contribution in [0.2, 0.25) is 0 Å². The number of rotatable bonds is 4. The van der Waals surface area contributed by atoms with E-state index in [1.807, 2.05) is 36.4 Å². The van der Waals surface area contributed by atoms with E-state index in [0.29, 0.717) is 12.2 Å². The van der Waals surface area contributed by atoms with Gasteiger partial charge in [0.05, 0.1) is 18.2 Å². The summed E-state index contributed by atoms with van der Waals surface area (Å²) in [6.07, 6.45) is 0.846. The van der Waals surface area contributed by atoms with E-state index in [4.69, 9.17) is 10.00 Å². The second-order valence-corrected chi connectivity index (χ2v) is 4.61. The van der Waals surface area contributed by atoms with E-state index in [1.54, 1.807) is 0 Å². The van der Waals surface area contributed by atoms with Crippen LogP contribution in [0.1, 0.15) is 22.3 Å². The monoisotopic (exact) mass is 251 g/mol. The summed E-state index contributed by atoms with van der Waals surface area (Å²) < 4.78 is 5.81. The Hall–Kier alpha value is -2.27. The molecule has 0 heterocycles. The van der Waals surface area contributed by atoms with Gasteiger partial charge in [0.2, 0.25) is 0 Å². The predicted molar refractivity (Wildman–Crippen MR) is 76.3 cm³/mol. The Labute approximate surface area is 114 Å². The highest BCUT2D eigenvalue weighted by molar-refractivity contribution is 5.38. The maximum absolute atomic E-state index is 8.74. The zero-order chi connectivity index (χ0) is 13.7. The van der Waals surface area contributed by atoms with Crippen LogP contribution in [-0.4, -0.2) is 6.61 Å². The van der Waals surface area contributed by atoms with Crippen LogP contribution in [0.4, 0.5) is 0 Å². The highest BCUT2D eigenvalue weighted by atomic mass is 16.5. The minimum Gasteiger partial charge on any atom is -0.493 e. The zero-order valence-corrected chi connectivity index (χ0v) is 11.3. The molecule has 2 rings (SSSR count). The SMILES string of the molecule is Cc1cccc(OCCc2ccc(C#N)cc2)c1C. The average molecular weight is 251 g/mol. The van der Waals surface area contributed by atoms with Crippen LogP contribution in [0.15, 0.2) is 42.5 Å². The van der Waals surface area contributed by atoms with Gasteiger partial charge < -0.3 is 4.74 Å². The molecule has 0 N–H and O–H groups in total. The van der Waals surface area contributed by atoms with E-state index >= 15 is 0 Å². The topological polar surface area (TPSA) is 33.0 Å². The molecule has 0 spiro atoms. The Morgan fingerprint density at radius 3 is 2.47 bits per heavy atom. The summed E-state index contributed by atoms with van der Waals surface area (Å²) in [5, 5.41) is 8.74. The standard InChI is InChI=1S/C17H17NO/c1-13-4-3-5-17(14(13)2)19-11-10-15-6-8-16(12-18)9-7-15/h3-9H,10-11H2,1-2H3. The number of hydrogen-bond donors (Lipinski definition) is 0. The van der Waals surface area contributed by atoms with Gasteiger partial charge in [-0.15, -0.1) is 0 Å². The van der Waals surface area contributed by atoms with Crippen LogP contribution in [0.5, 0.6) is 5.75 Å². The Morgan fingerprint density at radius 2 is 1.79 bits per heavy atom. The molecular weight excluding hydrogens is 234 g/mol. The fourth-order valence-electron chi connectivity index (χ4n) is 1.91. The number of nitriles is 1. The average Bonchev–Trinajstić information content (AvgIpc) is 2.44. The van der Waals surface area contributed by atoms with Crippen molar-refractivity contribution < 1.29 is 4.74 Å². The molecule has 0 unspecified atom stereocenters. The molecular formula is C17H17NO. The van der Waals surface area contributed by atoms with E-state index in [-0.39, 0.29) is 0 Å². The van der Waals surface area contributed by atoms with Crippen molar-refractivity contribution in [3.8, 4) is 11.8 Å². The molecule has 0 bridgehead atoms. The number of hydrogen-bond acceptors (Lipinski definition) is 2. The zero-order valence-electron chi connectivity index (χ0n) is 11.3. The van der Waals surface area contributed by atoms with Crippen molar-refractivity contribution in [3.05, 3.63) is 64.7 Å². The van der Waals surface area contributed by atoms with Crippen molar-refractivity contribution in [2.45, 2.75) is 20.3 Å². The summed E-state index contributed by atoms with van der Waals surface area (Å²) in [7, 11) is 0. The number of aryl methyl sites for hydroxylation is 1. The van der Waals surface area contributed by atoms with Gasteiger partial charge in [-0.25, -0.2) is 0 Å². The minimum atomic E-state index is 0.649. The molecule has 96 valence electrons. The van der Waals surface area contributed by atoms with Crippen molar-refractivity contribution in [3.63, 3.8) is 0 Å². The molecule has 19 heavy (non-hydrogen) atoms. The van der Waals surface area contributed by atoms with Crippen LogP contribution in [0, 0.1) is 25.2 Å². The molecule has 0 saturated carbocycles. The van der Waals surface area contributed by atoms with Gasteiger partial charge in [-0.2, -0.15) is 5.26 Å². The van der Waals surface area contributed by atoms with Crippen LogP contribution >= 0.6 is 0 Å². The maximum atomic E-state index is 8.74. The molecule has 0 aliphatic rings. The number of nitrogens with zero attached hydrogens (tertiary/aromatic N) is 1. The molecule has 2 heteroatoms. The smallest absolute Gasteiger partial charge is 0.122 e. The highest BCUT2D eigenvalue weighted by Crippen LogP contribution is 2.20. The van der Waals surface area contributed by atoms with Crippen LogP contribution in [0.25, 0.3) is 0 Å². The van der Waals surface area contributed by atoms with Gasteiger partial charge in [-0.1, -0.05) is 24.3 Å². The molecule has 2 aromatic carbocycles. The molecule has 0 radical (unpaired) electrons. The summed E-state index contributed by atoms with van der Waals surface area (Å²) in [6.45, 7) is 4.81. The second-order valence-electron chi connectivity index (χ2n) is 4.61. The molecule has 0 aliphatic carbocycles. The lowest BCUT2D eigenvalue weighted by Crippen LogP contribution is -2.03. The quantitative estimate of drug-likeness (QED) is 0.828. The molecule has 0 amide bonds. The first-order chi connectivity index (χ1) is 9.20. The lowest BCUT2D eigenvalue weighted by atomic mass is 10.1. The van der Waals surface area contributed by atoms with Crippen molar-refractivity contribution in [2.24, 2.45) is 0 Å². The van der Waals surface area contributed by atoms with Crippen molar-refractivity contribution >= 4 is 0 Å². The molecule has 2 nitrogen and oxygen atoms in total. The molecule has 0 saturated heterocycles. The summed E-state index contributed by atoms with van der Waals surface area (Å²) in [6, 6.07) is 15.9. The lowest BCUT2D eigenvalue weighted by Gasteiger charge is -2.10. The van der Waals surface area contributed by atoms with E-state index in [0.717, 1.165) is 12.2 Å². The largest absolute Gasteiger partial charge is 0.493 e. The van der Waals surface area contributed by atoms with Gasteiger partial charge in [0.1, 0.15) is 5.75 Å². The van der Waals surface area contributed by atoms with Gasteiger partial charge in [-0.05, 0) is 48.7 Å². The van der Waals surface area contributed by atoms with Crippen molar-refractivity contribution in [1.82, 2.24) is 0 Å². The molecule has 0 atom stereocenters. The third kappa shape index (κ3) is 3.35. The molecule has 0 fully saturated rings. The van der Waals surface area contributed by atoms with E-state index in [1.165, 1.54) is 16.7 Å². The first-order valence-corrected chi connectivity index (χ1v) is 6.39. The predicted octanol–water partition coefficient (Wildman–Crippen LogP) is 3.80. The molecule has 0 aromatic heterocycles. The summed E-state index contributed by atoms with van der Waals surface area (Å²) in [5.41, 5.74) is 4.32. The maximum Gasteiger partial charge on any atom is 0.122 e. The summed E-state index contributed by atoms with van der Waals surface area (Å²) in [4.78, 5) is 0. The Bertz CT molecular complexity index is 594. The van der Waals surface area contributed by atoms with Gasteiger partial charge in [0.25, 0.3) is 0 Å². The van der Waals surface area contributed by atoms with Gasteiger partial charge in [-0.3, -0.25) is 0 Å². The summed E-state index contributed by atoms with van der Waals surface area (Å²) >= 11 is 0. The lowest BCUT2D eigenvalue weighted by molar-refractivity contribution is 0.319. The fourth-order valence-corrected chi connectivity index (χ4v) is 1.91. The highest BCUT2D eigenvalue weighted by Gasteiger charge is 2.01.